The number of benzene rings is 1. The Labute approximate surface area is 133 Å². The Morgan fingerprint density at radius 2 is 1.81 bits per heavy atom. The van der Waals surface area contributed by atoms with E-state index in [1.165, 1.54) is 41.8 Å². The normalized spacial score (nSPS) is 13.1. The Morgan fingerprint density at radius 3 is 2.57 bits per heavy atom. The molecule has 0 radical (unpaired) electrons. The van der Waals surface area contributed by atoms with Gasteiger partial charge in [0.05, 0.1) is 16.3 Å². The molecule has 0 aliphatic carbocycles. The minimum atomic E-state index is 0.359. The van der Waals surface area contributed by atoms with Crippen LogP contribution >= 0.6 is 11.3 Å². The van der Waals surface area contributed by atoms with E-state index >= 15 is 0 Å². The summed E-state index contributed by atoms with van der Waals surface area (Å²) in [5.74, 6) is 0.849. The third kappa shape index (κ3) is 5.40. The van der Waals surface area contributed by atoms with Crippen LogP contribution in [0.4, 0.5) is 0 Å². The number of hydrogen-bond acceptors (Lipinski definition) is 3. The van der Waals surface area contributed by atoms with Gasteiger partial charge in [0.15, 0.2) is 0 Å². The first-order valence-corrected chi connectivity index (χ1v) is 9.07. The Balaban J connectivity index is 1.66. The predicted octanol–water partition coefficient (Wildman–Crippen LogP) is 5.55. The van der Waals surface area contributed by atoms with Gasteiger partial charge in [-0.3, -0.25) is 0 Å². The van der Waals surface area contributed by atoms with Gasteiger partial charge in [-0.15, -0.1) is 11.3 Å². The zero-order chi connectivity index (χ0) is 15.1. The summed E-state index contributed by atoms with van der Waals surface area (Å²) in [5, 5.41) is 4.81. The Hall–Kier alpha value is -0.930. The van der Waals surface area contributed by atoms with Crippen LogP contribution in [0.1, 0.15) is 63.9 Å². The van der Waals surface area contributed by atoms with Crippen molar-refractivity contribution >= 4 is 21.6 Å². The Kier molecular flexibility index (Phi) is 6.65. The minimum absolute atomic E-state index is 0.359. The molecule has 1 unspecified atom stereocenters. The molecule has 0 aliphatic rings. The van der Waals surface area contributed by atoms with Crippen molar-refractivity contribution in [2.24, 2.45) is 5.92 Å². The summed E-state index contributed by atoms with van der Waals surface area (Å²) in [5.41, 5.74) is 1.12. The molecule has 3 heteroatoms. The number of unbranched alkanes of at least 4 members (excludes halogenated alkanes) is 3. The summed E-state index contributed by atoms with van der Waals surface area (Å²) in [7, 11) is 0. The second-order valence-electron chi connectivity index (χ2n) is 6.29. The average molecular weight is 305 g/mol. The molecule has 0 fully saturated rings. The van der Waals surface area contributed by atoms with Crippen molar-refractivity contribution in [3.05, 3.63) is 29.3 Å². The summed E-state index contributed by atoms with van der Waals surface area (Å²) >= 11 is 1.81. The predicted molar refractivity (Wildman–Crippen MR) is 94.0 cm³/mol. The number of para-hydroxylation sites is 1. The average Bonchev–Trinajstić information content (AvgIpc) is 2.89. The fraction of sp³-hybridized carbons (Fsp3) is 0.611. The van der Waals surface area contributed by atoms with Gasteiger partial charge in [-0.25, -0.2) is 4.98 Å². The van der Waals surface area contributed by atoms with Crippen LogP contribution in [0.25, 0.3) is 10.2 Å². The monoisotopic (exact) mass is 304 g/mol. The van der Waals surface area contributed by atoms with E-state index in [1.807, 2.05) is 0 Å². The van der Waals surface area contributed by atoms with Crippen LogP contribution in [-0.2, 0) is 0 Å². The topological polar surface area (TPSA) is 24.9 Å². The van der Waals surface area contributed by atoms with Crippen molar-refractivity contribution < 1.29 is 0 Å². The molecular weight excluding hydrogens is 276 g/mol. The van der Waals surface area contributed by atoms with E-state index in [0.29, 0.717) is 6.04 Å². The highest BCUT2D eigenvalue weighted by atomic mass is 32.1. The van der Waals surface area contributed by atoms with Crippen molar-refractivity contribution in [2.45, 2.75) is 58.9 Å². The number of fused-ring (bicyclic) bond motifs is 1. The molecule has 1 N–H and O–H groups in total. The minimum Gasteiger partial charge on any atom is -0.308 e. The molecule has 0 saturated heterocycles. The zero-order valence-corrected chi connectivity index (χ0v) is 14.4. The maximum absolute atomic E-state index is 4.72. The summed E-state index contributed by atoms with van der Waals surface area (Å²) in [6.45, 7) is 7.93. The molecule has 1 atom stereocenters. The molecule has 1 aromatic carbocycles. The Bertz CT molecular complexity index is 500. The first-order valence-electron chi connectivity index (χ1n) is 8.25. The third-order valence-electron chi connectivity index (χ3n) is 3.84. The van der Waals surface area contributed by atoms with Crippen LogP contribution in [0, 0.1) is 5.92 Å². The van der Waals surface area contributed by atoms with Crippen molar-refractivity contribution in [3.63, 3.8) is 0 Å². The third-order valence-corrected chi connectivity index (χ3v) is 5.06. The van der Waals surface area contributed by atoms with E-state index < -0.39 is 0 Å². The SMILES string of the molecule is CC(C)CCCCCCNC(C)c1nc2ccccc2s1. The standard InChI is InChI=1S/C18H28N2S/c1-14(2)10-6-4-5-9-13-19-15(3)18-20-16-11-7-8-12-17(16)21-18/h7-8,11-12,14-15,19H,4-6,9-10,13H2,1-3H3. The maximum Gasteiger partial charge on any atom is 0.111 e. The fourth-order valence-electron chi connectivity index (χ4n) is 2.51. The van der Waals surface area contributed by atoms with E-state index in [4.69, 9.17) is 4.98 Å². The molecular formula is C18H28N2S. The molecule has 1 aromatic heterocycles. The van der Waals surface area contributed by atoms with Gasteiger partial charge in [-0.2, -0.15) is 0 Å². The van der Waals surface area contributed by atoms with Gasteiger partial charge < -0.3 is 5.32 Å². The highest BCUT2D eigenvalue weighted by Crippen LogP contribution is 2.25. The summed E-state index contributed by atoms with van der Waals surface area (Å²) in [4.78, 5) is 4.72. The lowest BCUT2D eigenvalue weighted by molar-refractivity contribution is 0.498. The highest BCUT2D eigenvalue weighted by molar-refractivity contribution is 7.18. The van der Waals surface area contributed by atoms with Gasteiger partial charge in [-0.05, 0) is 37.9 Å². The zero-order valence-electron chi connectivity index (χ0n) is 13.6. The maximum atomic E-state index is 4.72. The number of thiazole rings is 1. The molecule has 1 heterocycles. The molecule has 0 aliphatic heterocycles. The van der Waals surface area contributed by atoms with E-state index in [9.17, 15) is 0 Å². The van der Waals surface area contributed by atoms with Gasteiger partial charge in [0.25, 0.3) is 0 Å². The lowest BCUT2D eigenvalue weighted by Gasteiger charge is -2.10. The number of hydrogen-bond donors (Lipinski definition) is 1. The molecule has 0 bridgehead atoms. The first-order chi connectivity index (χ1) is 10.2. The van der Waals surface area contributed by atoms with Gasteiger partial charge in [0.2, 0.25) is 0 Å². The van der Waals surface area contributed by atoms with Crippen LogP contribution in [0.2, 0.25) is 0 Å². The fourth-order valence-corrected chi connectivity index (χ4v) is 3.51. The number of nitrogens with zero attached hydrogens (tertiary/aromatic N) is 1. The lowest BCUT2D eigenvalue weighted by Crippen LogP contribution is -2.19. The number of rotatable bonds is 9. The van der Waals surface area contributed by atoms with Crippen LogP contribution < -0.4 is 5.32 Å². The van der Waals surface area contributed by atoms with Gasteiger partial charge in [-0.1, -0.05) is 51.7 Å². The van der Waals surface area contributed by atoms with Gasteiger partial charge in [0.1, 0.15) is 5.01 Å². The molecule has 0 saturated carbocycles. The quantitative estimate of drug-likeness (QED) is 0.614. The van der Waals surface area contributed by atoms with Crippen molar-refractivity contribution in [2.75, 3.05) is 6.54 Å². The number of nitrogens with one attached hydrogen (secondary N) is 1. The first kappa shape index (κ1) is 16.4. The van der Waals surface area contributed by atoms with Crippen LogP contribution in [0.5, 0.6) is 0 Å². The Morgan fingerprint density at radius 1 is 1.05 bits per heavy atom. The summed E-state index contributed by atoms with van der Waals surface area (Å²) < 4.78 is 1.29. The largest absolute Gasteiger partial charge is 0.308 e. The van der Waals surface area contributed by atoms with Crippen LogP contribution in [0.15, 0.2) is 24.3 Å². The molecule has 0 spiro atoms. The molecule has 2 nitrogen and oxygen atoms in total. The molecule has 2 aromatic rings. The van der Waals surface area contributed by atoms with Crippen molar-refractivity contribution in [3.8, 4) is 0 Å². The van der Waals surface area contributed by atoms with Gasteiger partial charge >= 0.3 is 0 Å². The molecule has 2 rings (SSSR count). The second kappa shape index (κ2) is 8.50. The van der Waals surface area contributed by atoms with Crippen LogP contribution in [0.3, 0.4) is 0 Å². The molecule has 21 heavy (non-hydrogen) atoms. The van der Waals surface area contributed by atoms with Gasteiger partial charge in [0, 0.05) is 0 Å². The van der Waals surface area contributed by atoms with Crippen LogP contribution in [-0.4, -0.2) is 11.5 Å². The lowest BCUT2D eigenvalue weighted by atomic mass is 10.0. The molecule has 0 amide bonds. The van der Waals surface area contributed by atoms with E-state index in [1.54, 1.807) is 11.3 Å². The number of aromatic nitrogens is 1. The smallest absolute Gasteiger partial charge is 0.111 e. The van der Waals surface area contributed by atoms with E-state index in [2.05, 4.69) is 50.4 Å². The molecule has 116 valence electrons. The second-order valence-corrected chi connectivity index (χ2v) is 7.35. The van der Waals surface area contributed by atoms with E-state index in [0.717, 1.165) is 18.0 Å². The summed E-state index contributed by atoms with van der Waals surface area (Å²) in [6, 6.07) is 8.74. The van der Waals surface area contributed by atoms with Crippen molar-refractivity contribution in [1.82, 2.24) is 10.3 Å². The van der Waals surface area contributed by atoms with E-state index in [-0.39, 0.29) is 0 Å². The summed E-state index contributed by atoms with van der Waals surface area (Å²) in [6.07, 6.45) is 6.73. The van der Waals surface area contributed by atoms with Crippen molar-refractivity contribution in [1.29, 1.82) is 0 Å². The highest BCUT2D eigenvalue weighted by Gasteiger charge is 2.10.